The SMILES string of the molecule is CC(C)N(CCc1ccc(N)cc1)C(=O)OC(C)(C)C. The van der Waals surface area contributed by atoms with E-state index < -0.39 is 5.60 Å². The summed E-state index contributed by atoms with van der Waals surface area (Å²) in [4.78, 5) is 13.9. The molecule has 1 aromatic carbocycles. The molecule has 4 heteroatoms. The van der Waals surface area contributed by atoms with Gasteiger partial charge in [0.1, 0.15) is 5.60 Å². The van der Waals surface area contributed by atoms with Crippen LogP contribution >= 0.6 is 0 Å². The molecule has 0 unspecified atom stereocenters. The van der Waals surface area contributed by atoms with Gasteiger partial charge in [-0.1, -0.05) is 12.1 Å². The van der Waals surface area contributed by atoms with E-state index in [1.54, 1.807) is 4.90 Å². The Hall–Kier alpha value is -1.71. The van der Waals surface area contributed by atoms with E-state index in [0.717, 1.165) is 17.7 Å². The van der Waals surface area contributed by atoms with Gasteiger partial charge in [0.05, 0.1) is 0 Å². The zero-order valence-corrected chi connectivity index (χ0v) is 13.1. The molecule has 0 saturated carbocycles. The molecule has 4 nitrogen and oxygen atoms in total. The molecule has 0 aliphatic rings. The number of benzene rings is 1. The molecule has 0 aromatic heterocycles. The van der Waals surface area contributed by atoms with E-state index in [0.29, 0.717) is 6.54 Å². The van der Waals surface area contributed by atoms with E-state index in [-0.39, 0.29) is 12.1 Å². The Kier molecular flexibility index (Phi) is 5.43. The minimum atomic E-state index is -0.467. The predicted octanol–water partition coefficient (Wildman–Crippen LogP) is 3.46. The Morgan fingerprint density at radius 2 is 1.80 bits per heavy atom. The van der Waals surface area contributed by atoms with Crippen LogP contribution in [-0.4, -0.2) is 29.2 Å². The topological polar surface area (TPSA) is 55.6 Å². The summed E-state index contributed by atoms with van der Waals surface area (Å²) in [7, 11) is 0. The van der Waals surface area contributed by atoms with Gasteiger partial charge in [-0.3, -0.25) is 0 Å². The van der Waals surface area contributed by atoms with Crippen molar-refractivity contribution in [3.05, 3.63) is 29.8 Å². The predicted molar refractivity (Wildman–Crippen MR) is 82.6 cm³/mol. The van der Waals surface area contributed by atoms with Crippen molar-refractivity contribution in [3.8, 4) is 0 Å². The number of nitrogens with two attached hydrogens (primary N) is 1. The highest BCUT2D eigenvalue weighted by Crippen LogP contribution is 2.13. The van der Waals surface area contributed by atoms with Crippen molar-refractivity contribution in [2.75, 3.05) is 12.3 Å². The molecular weight excluding hydrogens is 252 g/mol. The Morgan fingerprint density at radius 3 is 2.25 bits per heavy atom. The summed E-state index contributed by atoms with van der Waals surface area (Å²) in [6, 6.07) is 7.84. The van der Waals surface area contributed by atoms with Crippen LogP contribution in [0.2, 0.25) is 0 Å². The van der Waals surface area contributed by atoms with Crippen molar-refractivity contribution in [1.29, 1.82) is 0 Å². The molecule has 1 rings (SSSR count). The number of nitrogen functional groups attached to an aromatic ring is 1. The zero-order chi connectivity index (χ0) is 15.3. The highest BCUT2D eigenvalue weighted by Gasteiger charge is 2.23. The fraction of sp³-hybridized carbons (Fsp3) is 0.562. The van der Waals surface area contributed by atoms with Crippen LogP contribution in [-0.2, 0) is 11.2 Å². The molecule has 0 aliphatic carbocycles. The molecule has 0 spiro atoms. The zero-order valence-electron chi connectivity index (χ0n) is 13.1. The molecule has 20 heavy (non-hydrogen) atoms. The Labute approximate surface area is 121 Å². The van der Waals surface area contributed by atoms with Gasteiger partial charge in [-0.2, -0.15) is 0 Å². The van der Waals surface area contributed by atoms with Gasteiger partial charge in [-0.15, -0.1) is 0 Å². The first-order valence-corrected chi connectivity index (χ1v) is 7.03. The number of rotatable bonds is 4. The molecule has 1 amide bonds. The molecule has 0 heterocycles. The van der Waals surface area contributed by atoms with Crippen molar-refractivity contribution in [3.63, 3.8) is 0 Å². The summed E-state index contributed by atoms with van der Waals surface area (Å²) in [5, 5.41) is 0. The van der Waals surface area contributed by atoms with Gasteiger partial charge in [-0.05, 0) is 58.7 Å². The summed E-state index contributed by atoms with van der Waals surface area (Å²) in [6.45, 7) is 10.3. The molecule has 0 fully saturated rings. The average Bonchev–Trinajstić information content (AvgIpc) is 2.29. The second-order valence-corrected chi connectivity index (χ2v) is 6.26. The smallest absolute Gasteiger partial charge is 0.410 e. The van der Waals surface area contributed by atoms with Gasteiger partial charge in [0.25, 0.3) is 0 Å². The lowest BCUT2D eigenvalue weighted by atomic mass is 10.1. The number of anilines is 1. The Bertz CT molecular complexity index is 433. The third-order valence-electron chi connectivity index (χ3n) is 2.87. The van der Waals surface area contributed by atoms with Crippen LogP contribution in [0.4, 0.5) is 10.5 Å². The van der Waals surface area contributed by atoms with Crippen LogP contribution in [0.15, 0.2) is 24.3 Å². The van der Waals surface area contributed by atoms with Gasteiger partial charge in [-0.25, -0.2) is 4.79 Å². The first kappa shape index (κ1) is 16.3. The number of carbonyl (C=O) groups excluding carboxylic acids is 1. The number of hydrogen-bond acceptors (Lipinski definition) is 3. The first-order valence-electron chi connectivity index (χ1n) is 7.03. The lowest BCUT2D eigenvalue weighted by Gasteiger charge is -2.30. The molecule has 0 saturated heterocycles. The number of amides is 1. The molecular formula is C16H26N2O2. The molecule has 1 aromatic rings. The molecule has 0 radical (unpaired) electrons. The lowest BCUT2D eigenvalue weighted by Crippen LogP contribution is -2.42. The van der Waals surface area contributed by atoms with E-state index in [9.17, 15) is 4.79 Å². The van der Waals surface area contributed by atoms with Crippen molar-refractivity contribution >= 4 is 11.8 Å². The summed E-state index contributed by atoms with van der Waals surface area (Å²) >= 11 is 0. The van der Waals surface area contributed by atoms with E-state index in [1.807, 2.05) is 58.9 Å². The van der Waals surface area contributed by atoms with E-state index in [2.05, 4.69) is 0 Å². The number of nitrogens with zero attached hydrogens (tertiary/aromatic N) is 1. The van der Waals surface area contributed by atoms with Crippen molar-refractivity contribution in [2.45, 2.75) is 52.7 Å². The maximum absolute atomic E-state index is 12.2. The van der Waals surface area contributed by atoms with Crippen molar-refractivity contribution in [1.82, 2.24) is 4.90 Å². The summed E-state index contributed by atoms with van der Waals surface area (Å²) in [5.41, 5.74) is 7.11. The van der Waals surface area contributed by atoms with Crippen molar-refractivity contribution < 1.29 is 9.53 Å². The highest BCUT2D eigenvalue weighted by molar-refractivity contribution is 5.68. The number of hydrogen-bond donors (Lipinski definition) is 1. The van der Waals surface area contributed by atoms with Crippen LogP contribution in [0.25, 0.3) is 0 Å². The second kappa shape index (κ2) is 6.64. The number of carbonyl (C=O) groups is 1. The summed E-state index contributed by atoms with van der Waals surface area (Å²) < 4.78 is 5.44. The normalized spacial score (nSPS) is 11.5. The molecule has 2 N–H and O–H groups in total. The maximum atomic E-state index is 12.2. The van der Waals surface area contributed by atoms with E-state index >= 15 is 0 Å². The van der Waals surface area contributed by atoms with Gasteiger partial charge < -0.3 is 15.4 Å². The molecule has 112 valence electrons. The lowest BCUT2D eigenvalue weighted by molar-refractivity contribution is 0.0194. The fourth-order valence-corrected chi connectivity index (χ4v) is 1.81. The average molecular weight is 278 g/mol. The van der Waals surface area contributed by atoms with Gasteiger partial charge in [0.2, 0.25) is 0 Å². The maximum Gasteiger partial charge on any atom is 0.410 e. The second-order valence-electron chi connectivity index (χ2n) is 6.26. The minimum Gasteiger partial charge on any atom is -0.444 e. The highest BCUT2D eigenvalue weighted by atomic mass is 16.6. The van der Waals surface area contributed by atoms with E-state index in [1.165, 1.54) is 0 Å². The summed E-state index contributed by atoms with van der Waals surface area (Å²) in [5.74, 6) is 0. The number of ether oxygens (including phenoxy) is 1. The third kappa shape index (κ3) is 5.51. The molecule has 0 atom stereocenters. The van der Waals surface area contributed by atoms with Gasteiger partial charge in [0.15, 0.2) is 0 Å². The van der Waals surface area contributed by atoms with Crippen LogP contribution in [0, 0.1) is 0 Å². The minimum absolute atomic E-state index is 0.110. The fourth-order valence-electron chi connectivity index (χ4n) is 1.81. The van der Waals surface area contributed by atoms with Crippen LogP contribution in [0.1, 0.15) is 40.2 Å². The standard InChI is InChI=1S/C16H26N2O2/c1-12(2)18(15(19)20-16(3,4)5)11-10-13-6-8-14(17)9-7-13/h6-9,12H,10-11,17H2,1-5H3. The van der Waals surface area contributed by atoms with Crippen LogP contribution in [0.3, 0.4) is 0 Å². The van der Waals surface area contributed by atoms with E-state index in [4.69, 9.17) is 10.5 Å². The molecule has 0 bridgehead atoms. The largest absolute Gasteiger partial charge is 0.444 e. The van der Waals surface area contributed by atoms with Crippen LogP contribution in [0.5, 0.6) is 0 Å². The monoisotopic (exact) mass is 278 g/mol. The quantitative estimate of drug-likeness (QED) is 0.858. The summed E-state index contributed by atoms with van der Waals surface area (Å²) in [6.07, 6.45) is 0.528. The van der Waals surface area contributed by atoms with Gasteiger partial charge in [0, 0.05) is 18.3 Å². The Morgan fingerprint density at radius 1 is 1.25 bits per heavy atom. The third-order valence-corrected chi connectivity index (χ3v) is 2.87. The van der Waals surface area contributed by atoms with Crippen molar-refractivity contribution in [2.24, 2.45) is 0 Å². The van der Waals surface area contributed by atoms with Crippen LogP contribution < -0.4 is 5.73 Å². The van der Waals surface area contributed by atoms with Gasteiger partial charge >= 0.3 is 6.09 Å². The molecule has 0 aliphatic heterocycles. The Balaban J connectivity index is 2.63. The first-order chi connectivity index (χ1) is 9.19.